The van der Waals surface area contributed by atoms with Crippen molar-refractivity contribution in [2.45, 2.75) is 19.8 Å². The Morgan fingerprint density at radius 3 is 1.62 bits per heavy atom. The lowest BCUT2D eigenvalue weighted by molar-refractivity contribution is -0.368. The average Bonchev–Trinajstić information content (AvgIpc) is 1.41. The van der Waals surface area contributed by atoms with Gasteiger partial charge in [0.1, 0.15) is 0 Å². The van der Waals surface area contributed by atoms with Gasteiger partial charge >= 0.3 is 0 Å². The Morgan fingerprint density at radius 1 is 1.25 bits per heavy atom. The number of hydrogen-bond acceptors (Lipinski definition) is 0. The molecule has 0 saturated carbocycles. The minimum absolute atomic E-state index is 0. The van der Waals surface area contributed by atoms with Gasteiger partial charge in [-0.2, -0.15) is 0 Å². The molecule has 0 atom stereocenters. The fourth-order valence-electron chi connectivity index (χ4n) is 0.250. The quantitative estimate of drug-likeness (QED) is 0.374. The summed E-state index contributed by atoms with van der Waals surface area (Å²) in [6.07, 6.45) is 2.56. The van der Waals surface area contributed by atoms with Crippen molar-refractivity contribution < 1.29 is 15.1 Å². The Bertz CT molecular complexity index is 19.5. The zero-order valence-electron chi connectivity index (χ0n) is 5.58. The second-order valence-corrected chi connectivity index (χ2v) is 1.21. The summed E-state index contributed by atoms with van der Waals surface area (Å²) in [5, 5.41) is 0. The molecule has 0 aromatic heterocycles. The second kappa shape index (κ2) is 29.3. The van der Waals surface area contributed by atoms with Crippen molar-refractivity contribution in [3.8, 4) is 0 Å². The molecule has 0 rings (SSSR count). The van der Waals surface area contributed by atoms with Gasteiger partial charge in [0.25, 0.3) is 0 Å². The molecule has 0 amide bonds. The minimum atomic E-state index is 0. The van der Waals surface area contributed by atoms with Crippen molar-refractivity contribution in [2.75, 3.05) is 6.54 Å². The first kappa shape index (κ1) is 25.0. The third-order valence-corrected chi connectivity index (χ3v) is 0.604. The Labute approximate surface area is 48.8 Å². The molecule has 0 aromatic carbocycles. The Morgan fingerprint density at radius 2 is 1.62 bits per heavy atom. The lowest BCUT2D eigenvalue weighted by Gasteiger charge is -1.77. The van der Waals surface area contributed by atoms with Crippen LogP contribution in [0.3, 0.4) is 0 Å². The summed E-state index contributed by atoms with van der Waals surface area (Å²) < 4.78 is 0. The van der Waals surface area contributed by atoms with Crippen molar-refractivity contribution in [2.24, 2.45) is 0 Å². The molecule has 8 heavy (non-hydrogen) atoms. The molecule has 0 radical (unpaired) electrons. The van der Waals surface area contributed by atoms with E-state index in [1.54, 1.807) is 0 Å². The highest BCUT2D eigenvalue weighted by molar-refractivity contribution is 4.21. The number of quaternary nitrogens is 2. The van der Waals surface area contributed by atoms with Crippen LogP contribution in [0.25, 0.3) is 0 Å². The van der Waals surface area contributed by atoms with Gasteiger partial charge in [0.15, 0.2) is 0 Å². The van der Waals surface area contributed by atoms with Crippen molar-refractivity contribution in [1.29, 1.82) is 0 Å². The number of hydrogen-bond donors (Lipinski definition) is 2. The van der Waals surface area contributed by atoms with Crippen LogP contribution in [0.15, 0.2) is 0 Å². The summed E-state index contributed by atoms with van der Waals surface area (Å²) in [5.74, 6) is 0. The molecule has 0 unspecified atom stereocenters. The summed E-state index contributed by atoms with van der Waals surface area (Å²) in [4.78, 5) is 0. The van der Waals surface area contributed by atoms with Crippen LogP contribution in [-0.2, 0) is 0 Å². The van der Waals surface area contributed by atoms with Crippen LogP contribution in [-0.4, -0.2) is 6.54 Å². The van der Waals surface area contributed by atoms with Gasteiger partial charge in [0, 0.05) is 0 Å². The van der Waals surface area contributed by atoms with Gasteiger partial charge in [-0.1, -0.05) is 13.3 Å². The molecule has 0 aliphatic rings. The lowest BCUT2D eigenvalue weighted by Crippen LogP contribution is -3.00. The average molecular weight is 130 g/mol. The van der Waals surface area contributed by atoms with Gasteiger partial charge in [0.05, 0.1) is 6.54 Å². The summed E-state index contributed by atoms with van der Waals surface area (Å²) in [7, 11) is 0. The normalized spacial score (nSPS) is 5.25. The van der Waals surface area contributed by atoms with Crippen LogP contribution in [0.2, 0.25) is 0 Å². The van der Waals surface area contributed by atoms with Gasteiger partial charge < -0.3 is 21.3 Å². The largest absolute Gasteiger partial charge is 1.00 e. The lowest BCUT2D eigenvalue weighted by atomic mass is 10.3. The van der Waals surface area contributed by atoms with E-state index in [1.165, 1.54) is 12.8 Å². The predicted octanol–water partition coefficient (Wildman–Crippen LogP) is -5.59. The van der Waals surface area contributed by atoms with E-state index in [4.69, 9.17) is 0 Å². The highest BCUT2D eigenvalue weighted by Gasteiger charge is 1.71. The minimum Gasteiger partial charge on any atom is -1.00 e. The van der Waals surface area contributed by atoms with E-state index in [0.29, 0.717) is 0 Å². The molecule has 0 bridgehead atoms. The maximum atomic E-state index is 3.68. The van der Waals surface area contributed by atoms with E-state index in [-0.39, 0.29) is 15.6 Å². The predicted molar refractivity (Wildman–Crippen MR) is 28.6 cm³/mol. The van der Waals surface area contributed by atoms with Crippen LogP contribution >= 0.6 is 0 Å². The molecule has 0 aliphatic heterocycles. The van der Waals surface area contributed by atoms with Gasteiger partial charge in [-0.3, -0.25) is 0 Å². The third-order valence-electron chi connectivity index (χ3n) is 0.604. The van der Waals surface area contributed by atoms with Gasteiger partial charge in [-0.05, 0) is 6.42 Å². The van der Waals surface area contributed by atoms with Crippen molar-refractivity contribution >= 4 is 0 Å². The third kappa shape index (κ3) is 41.7. The molecular formula is C4H16F2N2. The molecule has 0 aliphatic carbocycles. The van der Waals surface area contributed by atoms with Gasteiger partial charge in [-0.25, -0.2) is 0 Å². The van der Waals surface area contributed by atoms with Gasteiger partial charge in [-0.15, -0.1) is 0 Å². The standard InChI is InChI=1S/C4H11N.2FH.H3N/c1-2-3-4-5;;;/h2-5H2,1H3;2*1H;1H3. The van der Waals surface area contributed by atoms with Crippen molar-refractivity contribution in [1.82, 2.24) is 6.15 Å². The first-order valence-electron chi connectivity index (χ1n) is 2.21. The molecule has 0 aromatic rings. The smallest absolute Gasteiger partial charge is 0.0739 e. The number of unbranched alkanes of at least 4 members (excludes halogenated alkanes) is 1. The summed E-state index contributed by atoms with van der Waals surface area (Å²) in [6, 6.07) is 0. The Kier molecular flexibility index (Phi) is 91.7. The SMILES string of the molecule is CCCC[NH3+].[F-].[F-].[NH4+]. The summed E-state index contributed by atoms with van der Waals surface area (Å²) >= 11 is 0. The molecule has 0 heterocycles. The van der Waals surface area contributed by atoms with E-state index < -0.39 is 0 Å². The van der Waals surface area contributed by atoms with Gasteiger partial charge in [0.2, 0.25) is 0 Å². The van der Waals surface area contributed by atoms with Crippen LogP contribution < -0.4 is 21.3 Å². The summed E-state index contributed by atoms with van der Waals surface area (Å²) in [5.41, 5.74) is 3.68. The Hall–Kier alpha value is -0.220. The highest BCUT2D eigenvalue weighted by atomic mass is 19.0. The van der Waals surface area contributed by atoms with Crippen LogP contribution in [0.4, 0.5) is 0 Å². The van der Waals surface area contributed by atoms with Crippen LogP contribution in [0.5, 0.6) is 0 Å². The zero-order valence-corrected chi connectivity index (χ0v) is 5.58. The van der Waals surface area contributed by atoms with E-state index in [0.717, 1.165) is 6.54 Å². The van der Waals surface area contributed by atoms with Crippen molar-refractivity contribution in [3.05, 3.63) is 0 Å². The first-order valence-corrected chi connectivity index (χ1v) is 2.21. The highest BCUT2D eigenvalue weighted by Crippen LogP contribution is 1.75. The summed E-state index contributed by atoms with van der Waals surface area (Å²) in [6.45, 7) is 3.27. The number of halogens is 2. The maximum Gasteiger partial charge on any atom is 0.0739 e. The van der Waals surface area contributed by atoms with Crippen LogP contribution in [0, 0.1) is 0 Å². The topological polar surface area (TPSA) is 64.1 Å². The van der Waals surface area contributed by atoms with E-state index in [2.05, 4.69) is 12.7 Å². The zero-order chi connectivity index (χ0) is 4.12. The first-order chi connectivity index (χ1) is 2.41. The molecule has 0 spiro atoms. The fraction of sp³-hybridized carbons (Fsp3) is 1.00. The molecule has 0 saturated heterocycles. The molecular weight excluding hydrogens is 114 g/mol. The number of rotatable bonds is 2. The molecule has 4 heteroatoms. The van der Waals surface area contributed by atoms with E-state index in [9.17, 15) is 0 Å². The Balaban J connectivity index is -0.0000000267. The second-order valence-electron chi connectivity index (χ2n) is 1.21. The molecule has 0 fully saturated rings. The molecule has 56 valence electrons. The molecule has 7 N–H and O–H groups in total. The maximum absolute atomic E-state index is 3.68. The monoisotopic (exact) mass is 130 g/mol. The van der Waals surface area contributed by atoms with Crippen LogP contribution in [0.1, 0.15) is 19.8 Å². The van der Waals surface area contributed by atoms with E-state index >= 15 is 0 Å². The molecule has 2 nitrogen and oxygen atoms in total. The fourth-order valence-corrected chi connectivity index (χ4v) is 0.250. The van der Waals surface area contributed by atoms with Crippen molar-refractivity contribution in [3.63, 3.8) is 0 Å². The van der Waals surface area contributed by atoms with E-state index in [1.807, 2.05) is 0 Å².